The molecular formula is C19H39NO. The molecule has 0 amide bonds. The molecule has 0 aromatic carbocycles. The molecule has 126 valence electrons. The molecule has 0 radical (unpaired) electrons. The smallest absolute Gasteiger partial charge is 0.0494 e. The summed E-state index contributed by atoms with van der Waals surface area (Å²) in [7, 11) is 2.25. The van der Waals surface area contributed by atoms with Crippen LogP contribution in [0.5, 0.6) is 0 Å². The molecule has 2 nitrogen and oxygen atoms in total. The molecule has 0 N–H and O–H groups in total. The minimum atomic E-state index is 0.875. The molecule has 1 aliphatic carbocycles. The highest BCUT2D eigenvalue weighted by molar-refractivity contribution is 4.81. The first-order valence-corrected chi connectivity index (χ1v) is 9.42. The van der Waals surface area contributed by atoms with Crippen LogP contribution in [0.3, 0.4) is 0 Å². The SMILES string of the molecule is CCC1CC(CC)N(C)C1.CCOCC1CCC(CC)C1. The molecule has 0 spiro atoms. The van der Waals surface area contributed by atoms with Gasteiger partial charge in [0.25, 0.3) is 0 Å². The fraction of sp³-hybridized carbons (Fsp3) is 1.00. The van der Waals surface area contributed by atoms with Crippen molar-refractivity contribution >= 4 is 0 Å². The first kappa shape index (κ1) is 19.0. The van der Waals surface area contributed by atoms with Crippen LogP contribution in [-0.2, 0) is 4.74 Å². The third-order valence-electron chi connectivity index (χ3n) is 5.61. The molecular weight excluding hydrogens is 258 g/mol. The predicted octanol–water partition coefficient (Wildman–Crippen LogP) is 4.98. The zero-order valence-electron chi connectivity index (χ0n) is 15.2. The number of nitrogens with zero attached hydrogens (tertiary/aromatic N) is 1. The molecule has 1 saturated heterocycles. The first-order valence-electron chi connectivity index (χ1n) is 9.42. The van der Waals surface area contributed by atoms with Crippen molar-refractivity contribution in [3.05, 3.63) is 0 Å². The van der Waals surface area contributed by atoms with E-state index in [1.54, 1.807) is 0 Å². The summed E-state index contributed by atoms with van der Waals surface area (Å²) in [5.74, 6) is 2.86. The van der Waals surface area contributed by atoms with E-state index >= 15 is 0 Å². The summed E-state index contributed by atoms with van der Waals surface area (Å²) >= 11 is 0. The number of hydrogen-bond acceptors (Lipinski definition) is 2. The van der Waals surface area contributed by atoms with Gasteiger partial charge >= 0.3 is 0 Å². The summed E-state index contributed by atoms with van der Waals surface area (Å²) in [4.78, 5) is 2.51. The van der Waals surface area contributed by atoms with Gasteiger partial charge in [-0.2, -0.15) is 0 Å². The Kier molecular flexibility index (Phi) is 9.59. The highest BCUT2D eigenvalue weighted by atomic mass is 16.5. The Bertz CT molecular complexity index is 256. The molecule has 2 aliphatic rings. The zero-order chi connectivity index (χ0) is 15.7. The second kappa shape index (κ2) is 10.6. The normalized spacial score (nSPS) is 33.0. The van der Waals surface area contributed by atoms with Crippen molar-refractivity contribution in [1.82, 2.24) is 4.90 Å². The minimum absolute atomic E-state index is 0.875. The Morgan fingerprint density at radius 2 is 1.52 bits per heavy atom. The molecule has 2 fully saturated rings. The van der Waals surface area contributed by atoms with Crippen molar-refractivity contribution in [2.45, 2.75) is 78.7 Å². The molecule has 4 atom stereocenters. The molecule has 2 rings (SSSR count). The zero-order valence-corrected chi connectivity index (χ0v) is 15.2. The Balaban J connectivity index is 0.000000211. The number of likely N-dealkylation sites (tertiary alicyclic amines) is 1. The number of rotatable bonds is 6. The Labute approximate surface area is 133 Å². The Hall–Kier alpha value is -0.0800. The van der Waals surface area contributed by atoms with Crippen LogP contribution in [0.25, 0.3) is 0 Å². The standard InChI is InChI=1S/C10H20O.C9H19N/c1-3-9-5-6-10(7-9)8-11-4-2;1-4-8-6-9(5-2)10(3)7-8/h9-10H,3-8H2,1-2H3;8-9H,4-7H2,1-3H3. The second-order valence-corrected chi connectivity index (χ2v) is 7.12. The maximum absolute atomic E-state index is 5.41. The van der Waals surface area contributed by atoms with Gasteiger partial charge in [0.1, 0.15) is 0 Å². The number of hydrogen-bond donors (Lipinski definition) is 0. The molecule has 1 saturated carbocycles. The molecule has 0 aromatic heterocycles. The van der Waals surface area contributed by atoms with E-state index in [2.05, 4.69) is 39.6 Å². The van der Waals surface area contributed by atoms with E-state index < -0.39 is 0 Å². The van der Waals surface area contributed by atoms with Crippen LogP contribution in [0.15, 0.2) is 0 Å². The predicted molar refractivity (Wildman–Crippen MR) is 92.7 cm³/mol. The van der Waals surface area contributed by atoms with Crippen LogP contribution < -0.4 is 0 Å². The van der Waals surface area contributed by atoms with Gasteiger partial charge in [-0.1, -0.05) is 40.0 Å². The molecule has 1 aliphatic heterocycles. The first-order chi connectivity index (χ1) is 10.1. The van der Waals surface area contributed by atoms with Gasteiger partial charge in [-0.15, -0.1) is 0 Å². The minimum Gasteiger partial charge on any atom is -0.381 e. The molecule has 2 heteroatoms. The number of ether oxygens (including phenoxy) is 1. The van der Waals surface area contributed by atoms with E-state index in [1.807, 2.05) is 0 Å². The highest BCUT2D eigenvalue weighted by Crippen LogP contribution is 2.32. The lowest BCUT2D eigenvalue weighted by molar-refractivity contribution is 0.111. The molecule has 1 heterocycles. The van der Waals surface area contributed by atoms with Crippen LogP contribution in [0.4, 0.5) is 0 Å². The summed E-state index contributed by atoms with van der Waals surface area (Å²) in [5, 5.41) is 0. The van der Waals surface area contributed by atoms with E-state index in [0.717, 1.165) is 37.0 Å². The lowest BCUT2D eigenvalue weighted by atomic mass is 10.0. The van der Waals surface area contributed by atoms with Crippen molar-refractivity contribution in [3.8, 4) is 0 Å². The lowest BCUT2D eigenvalue weighted by Crippen LogP contribution is -2.23. The van der Waals surface area contributed by atoms with Gasteiger partial charge in [0.2, 0.25) is 0 Å². The average molecular weight is 298 g/mol. The average Bonchev–Trinajstić information content (AvgIpc) is 3.11. The van der Waals surface area contributed by atoms with Crippen LogP contribution >= 0.6 is 0 Å². The van der Waals surface area contributed by atoms with Crippen molar-refractivity contribution < 1.29 is 4.74 Å². The van der Waals surface area contributed by atoms with E-state index in [-0.39, 0.29) is 0 Å². The van der Waals surface area contributed by atoms with E-state index in [1.165, 1.54) is 51.5 Å². The monoisotopic (exact) mass is 297 g/mol. The van der Waals surface area contributed by atoms with E-state index in [0.29, 0.717) is 0 Å². The summed E-state index contributed by atoms with van der Waals surface area (Å²) < 4.78 is 5.41. The van der Waals surface area contributed by atoms with Crippen molar-refractivity contribution in [2.24, 2.45) is 17.8 Å². The maximum Gasteiger partial charge on any atom is 0.0494 e. The van der Waals surface area contributed by atoms with Crippen LogP contribution in [0.1, 0.15) is 72.6 Å². The third-order valence-corrected chi connectivity index (χ3v) is 5.61. The van der Waals surface area contributed by atoms with Gasteiger partial charge in [-0.05, 0) is 57.4 Å². The Morgan fingerprint density at radius 3 is 1.95 bits per heavy atom. The second-order valence-electron chi connectivity index (χ2n) is 7.12. The van der Waals surface area contributed by atoms with Gasteiger partial charge < -0.3 is 9.64 Å². The molecule has 4 unspecified atom stereocenters. The largest absolute Gasteiger partial charge is 0.381 e. The fourth-order valence-electron chi connectivity index (χ4n) is 3.95. The Morgan fingerprint density at radius 1 is 0.857 bits per heavy atom. The summed E-state index contributed by atoms with van der Waals surface area (Å²) in [5.41, 5.74) is 0. The van der Waals surface area contributed by atoms with Gasteiger partial charge in [-0.25, -0.2) is 0 Å². The summed E-state index contributed by atoms with van der Waals surface area (Å²) in [6.07, 6.45) is 9.74. The topological polar surface area (TPSA) is 12.5 Å². The van der Waals surface area contributed by atoms with Crippen molar-refractivity contribution in [3.63, 3.8) is 0 Å². The van der Waals surface area contributed by atoms with Crippen LogP contribution in [0.2, 0.25) is 0 Å². The van der Waals surface area contributed by atoms with Gasteiger partial charge in [0.15, 0.2) is 0 Å². The van der Waals surface area contributed by atoms with Gasteiger partial charge in [-0.3, -0.25) is 0 Å². The molecule has 0 bridgehead atoms. The third kappa shape index (κ3) is 6.69. The molecule has 0 aromatic rings. The van der Waals surface area contributed by atoms with Gasteiger partial charge in [0, 0.05) is 25.8 Å². The van der Waals surface area contributed by atoms with Crippen molar-refractivity contribution in [2.75, 3.05) is 26.8 Å². The quantitative estimate of drug-likeness (QED) is 0.686. The van der Waals surface area contributed by atoms with Gasteiger partial charge in [0.05, 0.1) is 0 Å². The van der Waals surface area contributed by atoms with Crippen LogP contribution in [0, 0.1) is 17.8 Å². The fourth-order valence-corrected chi connectivity index (χ4v) is 3.95. The van der Waals surface area contributed by atoms with E-state index in [4.69, 9.17) is 4.74 Å². The lowest BCUT2D eigenvalue weighted by Gasteiger charge is -2.16. The summed E-state index contributed by atoms with van der Waals surface area (Å²) in [6, 6.07) is 0.880. The molecule has 21 heavy (non-hydrogen) atoms. The summed E-state index contributed by atoms with van der Waals surface area (Å²) in [6.45, 7) is 12.2. The van der Waals surface area contributed by atoms with Crippen LogP contribution in [-0.4, -0.2) is 37.7 Å². The van der Waals surface area contributed by atoms with E-state index in [9.17, 15) is 0 Å². The van der Waals surface area contributed by atoms with Crippen molar-refractivity contribution in [1.29, 1.82) is 0 Å². The highest BCUT2D eigenvalue weighted by Gasteiger charge is 2.26. The maximum atomic E-state index is 5.41.